The molecular formula is C19H32IN3O2. The molecule has 0 saturated carbocycles. The molecule has 5 nitrogen and oxygen atoms in total. The molecule has 0 atom stereocenters. The molecule has 6 heteroatoms. The average Bonchev–Trinajstić information content (AvgIpc) is 2.60. The van der Waals surface area contributed by atoms with E-state index in [1.54, 1.807) is 7.11 Å². The fraction of sp³-hybridized carbons (Fsp3) is 0.632. The number of piperidine rings is 1. The highest BCUT2D eigenvalue weighted by atomic mass is 127. The molecule has 2 rings (SSSR count). The van der Waals surface area contributed by atoms with E-state index >= 15 is 0 Å². The number of guanidine groups is 1. The maximum Gasteiger partial charge on any atom is 0.194 e. The Hall–Kier alpha value is -1.18. The van der Waals surface area contributed by atoms with Crippen molar-refractivity contribution in [2.24, 2.45) is 10.9 Å². The Balaban J connectivity index is 0.00000312. The third-order valence-corrected chi connectivity index (χ3v) is 4.36. The normalized spacial score (nSPS) is 15.5. The summed E-state index contributed by atoms with van der Waals surface area (Å²) in [5.74, 6) is 3.38. The third-order valence-electron chi connectivity index (χ3n) is 4.36. The number of halogens is 1. The minimum atomic E-state index is 0. The van der Waals surface area contributed by atoms with Gasteiger partial charge in [0.2, 0.25) is 0 Å². The summed E-state index contributed by atoms with van der Waals surface area (Å²) in [6, 6.07) is 6.02. The lowest BCUT2D eigenvalue weighted by Crippen LogP contribution is -2.45. The van der Waals surface area contributed by atoms with E-state index in [4.69, 9.17) is 14.5 Å². The van der Waals surface area contributed by atoms with E-state index in [1.165, 1.54) is 12.8 Å². The summed E-state index contributed by atoms with van der Waals surface area (Å²) in [6.07, 6.45) is 2.48. The van der Waals surface area contributed by atoms with E-state index in [1.807, 2.05) is 25.1 Å². The maximum atomic E-state index is 5.65. The number of aliphatic imine (C=N–C) groups is 1. The Kier molecular flexibility index (Phi) is 10.0. The standard InChI is InChI=1S/C19H31N3O2.HI/c1-5-20-19(22-11-9-15(3)10-12-22)21-14-16-7-8-17(23-4)18(13-16)24-6-2;/h7-8,13,15H,5-6,9-12,14H2,1-4H3,(H,20,21);1H. The van der Waals surface area contributed by atoms with Crippen LogP contribution in [0.15, 0.2) is 23.2 Å². The van der Waals surface area contributed by atoms with Crippen molar-refractivity contribution in [3.8, 4) is 11.5 Å². The van der Waals surface area contributed by atoms with Crippen LogP contribution in [0.25, 0.3) is 0 Å². The Morgan fingerprint density at radius 3 is 2.56 bits per heavy atom. The predicted octanol–water partition coefficient (Wildman–Crippen LogP) is 3.91. The second-order valence-corrected chi connectivity index (χ2v) is 6.26. The molecule has 1 saturated heterocycles. The van der Waals surface area contributed by atoms with Crippen LogP contribution >= 0.6 is 24.0 Å². The summed E-state index contributed by atoms with van der Waals surface area (Å²) in [5, 5.41) is 3.42. The molecule has 1 heterocycles. The number of hydrogen-bond acceptors (Lipinski definition) is 3. The molecule has 1 aromatic rings. The minimum absolute atomic E-state index is 0. The van der Waals surface area contributed by atoms with Crippen molar-refractivity contribution in [1.82, 2.24) is 10.2 Å². The predicted molar refractivity (Wildman–Crippen MR) is 114 cm³/mol. The first-order valence-corrected chi connectivity index (χ1v) is 9.00. The zero-order chi connectivity index (χ0) is 17.4. The Morgan fingerprint density at radius 2 is 1.96 bits per heavy atom. The Morgan fingerprint density at radius 1 is 1.24 bits per heavy atom. The number of ether oxygens (including phenoxy) is 2. The van der Waals surface area contributed by atoms with E-state index in [0.29, 0.717) is 13.2 Å². The van der Waals surface area contributed by atoms with Crippen LogP contribution in [0.2, 0.25) is 0 Å². The lowest BCUT2D eigenvalue weighted by atomic mass is 10.00. The number of nitrogens with one attached hydrogen (secondary N) is 1. The number of nitrogens with zero attached hydrogens (tertiary/aromatic N) is 2. The first kappa shape index (κ1) is 21.9. The smallest absolute Gasteiger partial charge is 0.194 e. The summed E-state index contributed by atoms with van der Waals surface area (Å²) in [4.78, 5) is 7.20. The summed E-state index contributed by atoms with van der Waals surface area (Å²) in [5.41, 5.74) is 1.13. The van der Waals surface area contributed by atoms with Gasteiger partial charge in [-0.2, -0.15) is 0 Å². The number of hydrogen-bond donors (Lipinski definition) is 1. The highest BCUT2D eigenvalue weighted by Gasteiger charge is 2.18. The van der Waals surface area contributed by atoms with Crippen LogP contribution in [0.4, 0.5) is 0 Å². The highest BCUT2D eigenvalue weighted by Crippen LogP contribution is 2.28. The van der Waals surface area contributed by atoms with Gasteiger partial charge in [0.25, 0.3) is 0 Å². The van der Waals surface area contributed by atoms with Crippen LogP contribution in [0.5, 0.6) is 11.5 Å². The molecule has 0 unspecified atom stereocenters. The van der Waals surface area contributed by atoms with Crippen molar-refractivity contribution in [2.45, 2.75) is 40.2 Å². The maximum absolute atomic E-state index is 5.65. The minimum Gasteiger partial charge on any atom is -0.493 e. The van der Waals surface area contributed by atoms with Gasteiger partial charge in [-0.1, -0.05) is 13.0 Å². The molecule has 1 N–H and O–H groups in total. The van der Waals surface area contributed by atoms with Crippen molar-refractivity contribution in [3.05, 3.63) is 23.8 Å². The molecule has 0 radical (unpaired) electrons. The Bertz CT molecular complexity index is 543. The zero-order valence-electron chi connectivity index (χ0n) is 15.9. The number of likely N-dealkylation sites (tertiary alicyclic amines) is 1. The summed E-state index contributed by atoms with van der Waals surface area (Å²) >= 11 is 0. The van der Waals surface area contributed by atoms with Crippen LogP contribution in [-0.4, -0.2) is 44.2 Å². The van der Waals surface area contributed by atoms with Crippen LogP contribution in [-0.2, 0) is 6.54 Å². The van der Waals surface area contributed by atoms with Gasteiger partial charge in [0.05, 0.1) is 20.3 Å². The lowest BCUT2D eigenvalue weighted by Gasteiger charge is -2.33. The molecule has 1 fully saturated rings. The van der Waals surface area contributed by atoms with Gasteiger partial charge in [-0.05, 0) is 50.3 Å². The first-order chi connectivity index (χ1) is 11.7. The summed E-state index contributed by atoms with van der Waals surface area (Å²) < 4.78 is 11.0. The fourth-order valence-electron chi connectivity index (χ4n) is 2.90. The lowest BCUT2D eigenvalue weighted by molar-refractivity contribution is 0.273. The second-order valence-electron chi connectivity index (χ2n) is 6.26. The molecule has 0 amide bonds. The molecule has 142 valence electrons. The number of methoxy groups -OCH3 is 1. The molecule has 0 spiro atoms. The first-order valence-electron chi connectivity index (χ1n) is 9.00. The molecule has 1 aliphatic rings. The molecular weight excluding hydrogens is 429 g/mol. The van der Waals surface area contributed by atoms with Crippen molar-refractivity contribution in [2.75, 3.05) is 33.4 Å². The average molecular weight is 461 g/mol. The molecule has 0 bridgehead atoms. The quantitative estimate of drug-likeness (QED) is 0.397. The molecule has 1 aliphatic heterocycles. The van der Waals surface area contributed by atoms with Crippen LogP contribution in [0.1, 0.15) is 39.2 Å². The van der Waals surface area contributed by atoms with E-state index in [-0.39, 0.29) is 24.0 Å². The van der Waals surface area contributed by atoms with Crippen LogP contribution in [0, 0.1) is 5.92 Å². The van der Waals surface area contributed by atoms with Crippen molar-refractivity contribution in [1.29, 1.82) is 0 Å². The van der Waals surface area contributed by atoms with Crippen LogP contribution < -0.4 is 14.8 Å². The van der Waals surface area contributed by atoms with E-state index in [9.17, 15) is 0 Å². The van der Waals surface area contributed by atoms with Gasteiger partial charge in [-0.25, -0.2) is 4.99 Å². The van der Waals surface area contributed by atoms with Gasteiger partial charge >= 0.3 is 0 Å². The summed E-state index contributed by atoms with van der Waals surface area (Å²) in [7, 11) is 1.66. The van der Waals surface area contributed by atoms with Gasteiger partial charge in [0.1, 0.15) is 0 Å². The monoisotopic (exact) mass is 461 g/mol. The number of rotatable bonds is 6. The van der Waals surface area contributed by atoms with Crippen molar-refractivity contribution >= 4 is 29.9 Å². The molecule has 1 aromatic carbocycles. The van der Waals surface area contributed by atoms with E-state index in [0.717, 1.165) is 48.6 Å². The van der Waals surface area contributed by atoms with Crippen LogP contribution in [0.3, 0.4) is 0 Å². The largest absolute Gasteiger partial charge is 0.493 e. The zero-order valence-corrected chi connectivity index (χ0v) is 18.2. The molecule has 0 aromatic heterocycles. The SMILES string of the molecule is CCNC(=NCc1ccc(OC)c(OCC)c1)N1CCC(C)CC1.I. The molecule has 25 heavy (non-hydrogen) atoms. The number of benzene rings is 1. The fourth-order valence-corrected chi connectivity index (χ4v) is 2.90. The van der Waals surface area contributed by atoms with Gasteiger partial charge < -0.3 is 19.7 Å². The molecule has 0 aliphatic carbocycles. The van der Waals surface area contributed by atoms with Gasteiger partial charge in [0.15, 0.2) is 17.5 Å². The highest BCUT2D eigenvalue weighted by molar-refractivity contribution is 14.0. The van der Waals surface area contributed by atoms with Crippen molar-refractivity contribution < 1.29 is 9.47 Å². The van der Waals surface area contributed by atoms with E-state index < -0.39 is 0 Å². The van der Waals surface area contributed by atoms with Gasteiger partial charge in [-0.3, -0.25) is 0 Å². The topological polar surface area (TPSA) is 46.1 Å². The van der Waals surface area contributed by atoms with Gasteiger partial charge in [0, 0.05) is 19.6 Å². The van der Waals surface area contributed by atoms with E-state index in [2.05, 4.69) is 24.1 Å². The van der Waals surface area contributed by atoms with Crippen molar-refractivity contribution in [3.63, 3.8) is 0 Å². The second kappa shape index (κ2) is 11.4. The summed E-state index contributed by atoms with van der Waals surface area (Å²) in [6.45, 7) is 10.7. The Labute approximate surface area is 169 Å². The third kappa shape index (κ3) is 6.56. The van der Waals surface area contributed by atoms with Gasteiger partial charge in [-0.15, -0.1) is 24.0 Å².